The summed E-state index contributed by atoms with van der Waals surface area (Å²) in [5, 5.41) is 9.08. The normalized spacial score (nSPS) is 21.6. The molecule has 1 aromatic heterocycles. The van der Waals surface area contributed by atoms with Crippen LogP contribution in [0.3, 0.4) is 0 Å². The highest BCUT2D eigenvalue weighted by molar-refractivity contribution is 7.99. The second-order valence-corrected chi connectivity index (χ2v) is 6.28. The number of halogens is 3. The number of hydrogen-bond acceptors (Lipinski definition) is 5. The van der Waals surface area contributed by atoms with Gasteiger partial charge in [-0.15, -0.1) is 11.3 Å². The van der Waals surface area contributed by atoms with E-state index in [0.29, 0.717) is 17.1 Å². The third-order valence-electron chi connectivity index (χ3n) is 2.79. The summed E-state index contributed by atoms with van der Waals surface area (Å²) < 4.78 is 38.2. The molecule has 1 atom stereocenters. The second-order valence-electron chi connectivity index (χ2n) is 4.10. The molecule has 4 nitrogen and oxygen atoms in total. The lowest BCUT2D eigenvalue weighted by Crippen LogP contribution is -2.32. The fraction of sp³-hybridized carbons (Fsp3) is 0.600. The van der Waals surface area contributed by atoms with Gasteiger partial charge in [-0.1, -0.05) is 0 Å². The Hall–Kier alpha value is -0.800. The highest BCUT2D eigenvalue weighted by atomic mass is 32.2. The van der Waals surface area contributed by atoms with Gasteiger partial charge in [-0.3, -0.25) is 4.90 Å². The lowest BCUT2D eigenvalue weighted by atomic mass is 10.3. The van der Waals surface area contributed by atoms with Crippen LogP contribution in [0, 0.1) is 0 Å². The van der Waals surface area contributed by atoms with Gasteiger partial charge < -0.3 is 5.11 Å². The molecule has 106 valence electrons. The number of rotatable bonds is 2. The molecule has 2 rings (SSSR count). The van der Waals surface area contributed by atoms with Gasteiger partial charge in [-0.2, -0.15) is 24.9 Å². The number of aromatic carboxylic acids is 1. The van der Waals surface area contributed by atoms with Gasteiger partial charge in [0, 0.05) is 18.1 Å². The van der Waals surface area contributed by atoms with E-state index in [0.717, 1.165) is 12.3 Å². The molecule has 0 aliphatic carbocycles. The molecule has 9 heteroatoms. The monoisotopic (exact) mass is 312 g/mol. The van der Waals surface area contributed by atoms with Crippen LogP contribution in [0.5, 0.6) is 0 Å². The van der Waals surface area contributed by atoms with Crippen LogP contribution in [0.25, 0.3) is 0 Å². The van der Waals surface area contributed by atoms with Gasteiger partial charge in [0.1, 0.15) is 9.88 Å². The smallest absolute Gasteiger partial charge is 0.435 e. The number of aromatic nitrogens is 1. The standard InChI is InChI=1S/C10H11F3N2O2S2/c1-15-2-3-18-4-5(15)8-14-7(10(11,12)13)6(19-8)9(16)17/h5H,2-4H2,1H3,(H,16,17). The van der Waals surface area contributed by atoms with Gasteiger partial charge in [0.15, 0.2) is 5.69 Å². The van der Waals surface area contributed by atoms with Crippen molar-refractivity contribution in [1.29, 1.82) is 0 Å². The van der Waals surface area contributed by atoms with Gasteiger partial charge in [-0.25, -0.2) is 9.78 Å². The summed E-state index contributed by atoms with van der Waals surface area (Å²) >= 11 is 2.25. The van der Waals surface area contributed by atoms with E-state index in [9.17, 15) is 18.0 Å². The van der Waals surface area contributed by atoms with E-state index in [2.05, 4.69) is 4.98 Å². The molecule has 2 heterocycles. The minimum Gasteiger partial charge on any atom is -0.477 e. The van der Waals surface area contributed by atoms with E-state index in [1.807, 2.05) is 4.90 Å². The van der Waals surface area contributed by atoms with Gasteiger partial charge in [0.05, 0.1) is 6.04 Å². The van der Waals surface area contributed by atoms with Crippen LogP contribution in [-0.4, -0.2) is 46.1 Å². The molecule has 1 aliphatic rings. The topological polar surface area (TPSA) is 53.4 Å². The Morgan fingerprint density at radius 3 is 2.68 bits per heavy atom. The van der Waals surface area contributed by atoms with E-state index in [4.69, 9.17) is 5.11 Å². The summed E-state index contributed by atoms with van der Waals surface area (Å²) in [6.45, 7) is 0.749. The Morgan fingerprint density at radius 2 is 2.21 bits per heavy atom. The zero-order valence-corrected chi connectivity index (χ0v) is 11.5. The van der Waals surface area contributed by atoms with Crippen molar-refractivity contribution in [3.05, 3.63) is 15.6 Å². The van der Waals surface area contributed by atoms with Crippen molar-refractivity contribution in [1.82, 2.24) is 9.88 Å². The van der Waals surface area contributed by atoms with Crippen molar-refractivity contribution in [3.8, 4) is 0 Å². The number of nitrogens with zero attached hydrogens (tertiary/aromatic N) is 2. The molecule has 1 aromatic rings. The van der Waals surface area contributed by atoms with Crippen LogP contribution >= 0.6 is 23.1 Å². The van der Waals surface area contributed by atoms with Gasteiger partial charge in [0.2, 0.25) is 0 Å². The quantitative estimate of drug-likeness (QED) is 0.909. The maximum Gasteiger partial charge on any atom is 0.435 e. The Bertz CT molecular complexity index is 490. The van der Waals surface area contributed by atoms with Gasteiger partial charge in [-0.05, 0) is 7.05 Å². The first-order valence-corrected chi connectivity index (χ1v) is 7.37. The van der Waals surface area contributed by atoms with Crippen molar-refractivity contribution >= 4 is 29.1 Å². The molecule has 0 spiro atoms. The summed E-state index contributed by atoms with van der Waals surface area (Å²) in [6, 6.07) is -0.252. The SMILES string of the molecule is CN1CCSCC1c1nc(C(F)(F)F)c(C(=O)O)s1. The summed E-state index contributed by atoms with van der Waals surface area (Å²) in [4.78, 5) is 15.6. The fourth-order valence-corrected chi connectivity index (χ4v) is 4.18. The summed E-state index contributed by atoms with van der Waals surface area (Å²) in [5.41, 5.74) is -1.29. The van der Waals surface area contributed by atoms with E-state index < -0.39 is 22.7 Å². The first kappa shape index (κ1) is 14.6. The molecule has 1 N–H and O–H groups in total. The molecule has 0 aromatic carbocycles. The highest BCUT2D eigenvalue weighted by Gasteiger charge is 2.41. The molecule has 1 saturated heterocycles. The minimum absolute atomic E-state index is 0.222. The predicted octanol–water partition coefficient (Wildman–Crippen LogP) is 2.58. The van der Waals surface area contributed by atoms with Crippen molar-refractivity contribution in [3.63, 3.8) is 0 Å². The number of thiazole rings is 1. The molecule has 1 aliphatic heterocycles. The number of carboxylic acids is 1. The fourth-order valence-electron chi connectivity index (χ4n) is 1.76. The molecular formula is C10H11F3N2O2S2. The highest BCUT2D eigenvalue weighted by Crippen LogP contribution is 2.38. The lowest BCUT2D eigenvalue weighted by molar-refractivity contribution is -0.141. The van der Waals surface area contributed by atoms with Gasteiger partial charge in [0.25, 0.3) is 0 Å². The molecule has 0 saturated carbocycles. The zero-order valence-electron chi connectivity index (χ0n) is 9.90. The van der Waals surface area contributed by atoms with Crippen LogP contribution in [0.1, 0.15) is 26.4 Å². The van der Waals surface area contributed by atoms with Crippen LogP contribution in [-0.2, 0) is 6.18 Å². The van der Waals surface area contributed by atoms with Crippen molar-refractivity contribution in [2.45, 2.75) is 12.2 Å². The Morgan fingerprint density at radius 1 is 1.53 bits per heavy atom. The van der Waals surface area contributed by atoms with Crippen LogP contribution in [0.4, 0.5) is 13.2 Å². The third-order valence-corrected chi connectivity index (χ3v) is 4.95. The van der Waals surface area contributed by atoms with E-state index in [1.165, 1.54) is 0 Å². The molecule has 0 amide bonds. The van der Waals surface area contributed by atoms with E-state index in [-0.39, 0.29) is 11.0 Å². The van der Waals surface area contributed by atoms with Crippen LogP contribution in [0.15, 0.2) is 0 Å². The average Bonchev–Trinajstić information content (AvgIpc) is 2.74. The first-order valence-electron chi connectivity index (χ1n) is 5.40. The zero-order chi connectivity index (χ0) is 14.2. The minimum atomic E-state index is -4.73. The molecular weight excluding hydrogens is 301 g/mol. The third kappa shape index (κ3) is 3.03. The second kappa shape index (κ2) is 5.29. The number of alkyl halides is 3. The van der Waals surface area contributed by atoms with Crippen molar-refractivity contribution < 1.29 is 23.1 Å². The molecule has 0 radical (unpaired) electrons. The number of carboxylic acid groups (broad SMARTS) is 1. The Labute approximate surface area is 115 Å². The van der Waals surface area contributed by atoms with Crippen molar-refractivity contribution in [2.75, 3.05) is 25.1 Å². The number of thioether (sulfide) groups is 1. The summed E-state index contributed by atoms with van der Waals surface area (Å²) in [6.07, 6.45) is -4.73. The van der Waals surface area contributed by atoms with Gasteiger partial charge >= 0.3 is 12.1 Å². The maximum absolute atomic E-state index is 12.7. The van der Waals surface area contributed by atoms with E-state index >= 15 is 0 Å². The predicted molar refractivity (Wildman–Crippen MR) is 66.8 cm³/mol. The molecule has 0 bridgehead atoms. The summed E-state index contributed by atoms with van der Waals surface area (Å²) in [5.74, 6) is -0.0430. The summed E-state index contributed by atoms with van der Waals surface area (Å²) in [7, 11) is 1.81. The maximum atomic E-state index is 12.7. The largest absolute Gasteiger partial charge is 0.477 e. The Balaban J connectivity index is 2.40. The first-order chi connectivity index (χ1) is 8.80. The molecule has 19 heavy (non-hydrogen) atoms. The average molecular weight is 312 g/mol. The number of carbonyl (C=O) groups is 1. The number of hydrogen-bond donors (Lipinski definition) is 1. The molecule has 1 unspecified atom stereocenters. The van der Waals surface area contributed by atoms with E-state index in [1.54, 1.807) is 18.8 Å². The lowest BCUT2D eigenvalue weighted by Gasteiger charge is -2.30. The van der Waals surface area contributed by atoms with Crippen LogP contribution < -0.4 is 0 Å². The van der Waals surface area contributed by atoms with Crippen LogP contribution in [0.2, 0.25) is 0 Å². The molecule has 1 fully saturated rings. The Kier molecular flexibility index (Phi) is 4.07. The van der Waals surface area contributed by atoms with Crippen molar-refractivity contribution in [2.24, 2.45) is 0 Å².